The molecule has 0 heterocycles. The summed E-state index contributed by atoms with van der Waals surface area (Å²) in [6.07, 6.45) is 0.182. The van der Waals surface area contributed by atoms with Crippen LogP contribution in [0, 0.1) is 0 Å². The van der Waals surface area contributed by atoms with Gasteiger partial charge >= 0.3 is 0 Å². The Hall–Kier alpha value is -2.04. The summed E-state index contributed by atoms with van der Waals surface area (Å²) < 4.78 is 0. The maximum Gasteiger partial charge on any atom is 0.239 e. The van der Waals surface area contributed by atoms with E-state index in [1.807, 2.05) is 13.8 Å². The van der Waals surface area contributed by atoms with Gasteiger partial charge in [0, 0.05) is 13.1 Å². The number of nitrogens with one attached hydrogen (secondary N) is 1. The maximum absolute atomic E-state index is 12.1. The first-order valence-corrected chi connectivity index (χ1v) is 6.39. The van der Waals surface area contributed by atoms with Crippen molar-refractivity contribution in [2.45, 2.75) is 20.3 Å². The standard InChI is InChI=1S/C14H20N2O3/c1-3-15-13(18)10-16(4-2)14(19)9-11-6-5-7-12(17)8-11/h5-8,17H,3-4,9-10H2,1-2H3,(H,15,18). The van der Waals surface area contributed by atoms with Gasteiger partial charge in [0.15, 0.2) is 0 Å². The molecule has 0 radical (unpaired) electrons. The molecule has 2 amide bonds. The van der Waals surface area contributed by atoms with Crippen molar-refractivity contribution in [2.24, 2.45) is 0 Å². The fourth-order valence-electron chi connectivity index (χ4n) is 1.76. The number of rotatable bonds is 6. The summed E-state index contributed by atoms with van der Waals surface area (Å²) in [5.41, 5.74) is 0.736. The van der Waals surface area contributed by atoms with Crippen LogP contribution < -0.4 is 5.32 Å². The molecule has 1 aromatic rings. The van der Waals surface area contributed by atoms with E-state index in [4.69, 9.17) is 0 Å². The molecule has 0 bridgehead atoms. The Morgan fingerprint density at radius 1 is 1.32 bits per heavy atom. The second kappa shape index (κ2) is 7.41. The first kappa shape index (κ1) is 15.0. The molecule has 0 atom stereocenters. The topological polar surface area (TPSA) is 69.6 Å². The van der Waals surface area contributed by atoms with Crippen molar-refractivity contribution in [1.29, 1.82) is 0 Å². The van der Waals surface area contributed by atoms with Crippen molar-refractivity contribution < 1.29 is 14.7 Å². The highest BCUT2D eigenvalue weighted by Gasteiger charge is 2.15. The monoisotopic (exact) mass is 264 g/mol. The van der Waals surface area contributed by atoms with Gasteiger partial charge in [-0.15, -0.1) is 0 Å². The van der Waals surface area contributed by atoms with Crippen molar-refractivity contribution in [2.75, 3.05) is 19.6 Å². The summed E-state index contributed by atoms with van der Waals surface area (Å²) in [6, 6.07) is 6.58. The number of benzene rings is 1. The van der Waals surface area contributed by atoms with E-state index >= 15 is 0 Å². The number of aromatic hydroxyl groups is 1. The van der Waals surface area contributed by atoms with Crippen LogP contribution >= 0.6 is 0 Å². The number of phenolic OH excluding ortho intramolecular Hbond substituents is 1. The molecule has 0 saturated heterocycles. The number of carbonyl (C=O) groups excluding carboxylic acids is 2. The van der Waals surface area contributed by atoms with E-state index in [-0.39, 0.29) is 30.5 Å². The molecule has 104 valence electrons. The number of likely N-dealkylation sites (N-methyl/N-ethyl adjacent to an activating group) is 2. The molecule has 0 aliphatic rings. The van der Waals surface area contributed by atoms with Crippen molar-refractivity contribution in [3.05, 3.63) is 29.8 Å². The van der Waals surface area contributed by atoms with Gasteiger partial charge in [0.05, 0.1) is 13.0 Å². The van der Waals surface area contributed by atoms with Crippen LogP contribution in [0.5, 0.6) is 5.75 Å². The summed E-state index contributed by atoms with van der Waals surface area (Å²) >= 11 is 0. The van der Waals surface area contributed by atoms with E-state index in [1.54, 1.807) is 24.3 Å². The quantitative estimate of drug-likeness (QED) is 0.802. The Labute approximate surface area is 113 Å². The van der Waals surface area contributed by atoms with Crippen LogP contribution in [-0.2, 0) is 16.0 Å². The van der Waals surface area contributed by atoms with Crippen molar-refractivity contribution >= 4 is 11.8 Å². The van der Waals surface area contributed by atoms with Crippen LogP contribution in [-0.4, -0.2) is 41.5 Å². The van der Waals surface area contributed by atoms with Crippen molar-refractivity contribution in [1.82, 2.24) is 10.2 Å². The van der Waals surface area contributed by atoms with Crippen LogP contribution in [0.4, 0.5) is 0 Å². The molecule has 0 aliphatic heterocycles. The number of hydrogen-bond donors (Lipinski definition) is 2. The molecule has 0 fully saturated rings. The van der Waals surface area contributed by atoms with Gasteiger partial charge in [0.2, 0.25) is 11.8 Å². The molecule has 0 aliphatic carbocycles. The van der Waals surface area contributed by atoms with E-state index < -0.39 is 0 Å². The average molecular weight is 264 g/mol. The Kier molecular flexibility index (Phi) is 5.85. The van der Waals surface area contributed by atoms with Gasteiger partial charge in [-0.05, 0) is 31.5 Å². The Morgan fingerprint density at radius 2 is 2.05 bits per heavy atom. The van der Waals surface area contributed by atoms with E-state index in [1.165, 1.54) is 4.90 Å². The Morgan fingerprint density at radius 3 is 2.63 bits per heavy atom. The molecule has 0 spiro atoms. The second-order valence-corrected chi connectivity index (χ2v) is 4.21. The molecule has 0 unspecified atom stereocenters. The third-order valence-corrected chi connectivity index (χ3v) is 2.71. The molecule has 5 heteroatoms. The zero-order valence-electron chi connectivity index (χ0n) is 11.3. The fourth-order valence-corrected chi connectivity index (χ4v) is 1.76. The van der Waals surface area contributed by atoms with Crippen LogP contribution in [0.3, 0.4) is 0 Å². The van der Waals surface area contributed by atoms with E-state index in [9.17, 15) is 14.7 Å². The van der Waals surface area contributed by atoms with E-state index in [0.29, 0.717) is 13.1 Å². The van der Waals surface area contributed by atoms with E-state index in [2.05, 4.69) is 5.32 Å². The molecule has 0 saturated carbocycles. The highest BCUT2D eigenvalue weighted by atomic mass is 16.3. The minimum absolute atomic E-state index is 0.0714. The molecule has 0 aromatic heterocycles. The highest BCUT2D eigenvalue weighted by molar-refractivity contribution is 5.85. The molecular formula is C14H20N2O3. The van der Waals surface area contributed by atoms with Crippen LogP contribution in [0.25, 0.3) is 0 Å². The second-order valence-electron chi connectivity index (χ2n) is 4.21. The molecule has 1 rings (SSSR count). The number of hydrogen-bond acceptors (Lipinski definition) is 3. The molecule has 1 aromatic carbocycles. The van der Waals surface area contributed by atoms with Crippen molar-refractivity contribution in [3.63, 3.8) is 0 Å². The summed E-state index contributed by atoms with van der Waals surface area (Å²) in [7, 11) is 0. The Balaban J connectivity index is 2.61. The summed E-state index contributed by atoms with van der Waals surface area (Å²) in [5, 5.41) is 12.0. The maximum atomic E-state index is 12.1. The van der Waals surface area contributed by atoms with Gasteiger partial charge in [-0.2, -0.15) is 0 Å². The fraction of sp³-hybridized carbons (Fsp3) is 0.429. The predicted molar refractivity (Wildman–Crippen MR) is 72.7 cm³/mol. The number of amides is 2. The lowest BCUT2D eigenvalue weighted by Crippen LogP contribution is -2.41. The van der Waals surface area contributed by atoms with Gasteiger partial charge in [0.1, 0.15) is 5.75 Å². The first-order chi connectivity index (χ1) is 9.06. The van der Waals surface area contributed by atoms with Gasteiger partial charge in [-0.1, -0.05) is 12.1 Å². The lowest BCUT2D eigenvalue weighted by atomic mass is 10.1. The zero-order chi connectivity index (χ0) is 14.3. The van der Waals surface area contributed by atoms with Crippen LogP contribution in [0.15, 0.2) is 24.3 Å². The minimum atomic E-state index is -0.159. The van der Waals surface area contributed by atoms with Gasteiger partial charge in [-0.3, -0.25) is 9.59 Å². The van der Waals surface area contributed by atoms with Crippen molar-refractivity contribution in [3.8, 4) is 5.75 Å². The SMILES string of the molecule is CCNC(=O)CN(CC)C(=O)Cc1cccc(O)c1. The third kappa shape index (κ3) is 4.99. The summed E-state index contributed by atoms with van der Waals surface area (Å²) in [6.45, 7) is 4.77. The smallest absolute Gasteiger partial charge is 0.239 e. The number of nitrogens with zero attached hydrogens (tertiary/aromatic N) is 1. The number of phenols is 1. The lowest BCUT2D eigenvalue weighted by Gasteiger charge is -2.20. The van der Waals surface area contributed by atoms with E-state index in [0.717, 1.165) is 5.56 Å². The average Bonchev–Trinajstić information content (AvgIpc) is 2.36. The molecular weight excluding hydrogens is 244 g/mol. The highest BCUT2D eigenvalue weighted by Crippen LogP contribution is 2.12. The first-order valence-electron chi connectivity index (χ1n) is 6.39. The largest absolute Gasteiger partial charge is 0.508 e. The number of carbonyl (C=O) groups is 2. The molecule has 19 heavy (non-hydrogen) atoms. The van der Waals surface area contributed by atoms with Crippen LogP contribution in [0.1, 0.15) is 19.4 Å². The summed E-state index contributed by atoms with van der Waals surface area (Å²) in [5.74, 6) is -0.148. The van der Waals surface area contributed by atoms with Gasteiger partial charge in [0.25, 0.3) is 0 Å². The van der Waals surface area contributed by atoms with Gasteiger partial charge in [-0.25, -0.2) is 0 Å². The Bertz CT molecular complexity index is 446. The van der Waals surface area contributed by atoms with Crippen LogP contribution in [0.2, 0.25) is 0 Å². The predicted octanol–water partition coefficient (Wildman–Crippen LogP) is 0.919. The minimum Gasteiger partial charge on any atom is -0.508 e. The molecule has 5 nitrogen and oxygen atoms in total. The third-order valence-electron chi connectivity index (χ3n) is 2.71. The molecule has 2 N–H and O–H groups in total. The lowest BCUT2D eigenvalue weighted by molar-refractivity contribution is -0.135. The zero-order valence-corrected chi connectivity index (χ0v) is 11.3. The summed E-state index contributed by atoms with van der Waals surface area (Å²) in [4.78, 5) is 25.0. The van der Waals surface area contributed by atoms with Gasteiger partial charge < -0.3 is 15.3 Å². The normalized spacial score (nSPS) is 10.0.